The number of hydrogen-bond donors (Lipinski definition) is 0. The van der Waals surface area contributed by atoms with Crippen LogP contribution < -0.4 is 4.74 Å². The van der Waals surface area contributed by atoms with Crippen molar-refractivity contribution in [2.45, 2.75) is 20.0 Å². The molecule has 130 valence electrons. The van der Waals surface area contributed by atoms with Gasteiger partial charge in [-0.05, 0) is 60.0 Å². The number of ether oxygens (including phenoxy) is 1. The summed E-state index contributed by atoms with van der Waals surface area (Å²) < 4.78 is 6.77. The van der Waals surface area contributed by atoms with Crippen LogP contribution in [-0.4, -0.2) is 15.8 Å². The minimum absolute atomic E-state index is 0.0979. The Bertz CT molecular complexity index is 956. The first-order chi connectivity index (χ1) is 12.6. The van der Waals surface area contributed by atoms with E-state index in [0.29, 0.717) is 18.8 Å². The van der Waals surface area contributed by atoms with Crippen molar-refractivity contribution in [1.29, 1.82) is 0 Å². The standard InChI is InChI=1S/C21H17BrN2O2/c1-14-9-17(22)10-16-13-24(21(25)20(14)16)12-15-4-6-18(7-5-15)26-19-3-2-8-23-11-19/h2-11H,12-13H2,1H3. The molecule has 0 radical (unpaired) electrons. The lowest BCUT2D eigenvalue weighted by Gasteiger charge is -2.16. The summed E-state index contributed by atoms with van der Waals surface area (Å²) in [6.07, 6.45) is 3.38. The van der Waals surface area contributed by atoms with Crippen LogP contribution in [0.25, 0.3) is 0 Å². The third kappa shape index (κ3) is 3.35. The van der Waals surface area contributed by atoms with E-state index < -0.39 is 0 Å². The zero-order valence-corrected chi connectivity index (χ0v) is 15.9. The number of benzene rings is 2. The predicted molar refractivity (Wildman–Crippen MR) is 103 cm³/mol. The van der Waals surface area contributed by atoms with E-state index in [2.05, 4.69) is 20.9 Å². The Labute approximate surface area is 160 Å². The molecule has 0 bridgehead atoms. The summed E-state index contributed by atoms with van der Waals surface area (Å²) in [7, 11) is 0. The topological polar surface area (TPSA) is 42.4 Å². The zero-order chi connectivity index (χ0) is 18.1. The van der Waals surface area contributed by atoms with Crippen LogP contribution >= 0.6 is 15.9 Å². The van der Waals surface area contributed by atoms with Crippen molar-refractivity contribution in [3.63, 3.8) is 0 Å². The lowest BCUT2D eigenvalue weighted by atomic mass is 10.0. The van der Waals surface area contributed by atoms with Gasteiger partial charge in [0, 0.05) is 29.3 Å². The van der Waals surface area contributed by atoms with Crippen LogP contribution in [0.2, 0.25) is 0 Å². The van der Waals surface area contributed by atoms with Crippen LogP contribution in [0.3, 0.4) is 0 Å². The highest BCUT2D eigenvalue weighted by Gasteiger charge is 2.29. The van der Waals surface area contributed by atoms with Crippen LogP contribution in [0.15, 0.2) is 65.4 Å². The number of aryl methyl sites for hydroxylation is 1. The summed E-state index contributed by atoms with van der Waals surface area (Å²) in [5.41, 5.74) is 4.01. The Hall–Kier alpha value is -2.66. The Morgan fingerprint density at radius 1 is 1.15 bits per heavy atom. The van der Waals surface area contributed by atoms with E-state index in [1.54, 1.807) is 12.4 Å². The van der Waals surface area contributed by atoms with Crippen LogP contribution in [0.4, 0.5) is 0 Å². The molecule has 0 fully saturated rings. The summed E-state index contributed by atoms with van der Waals surface area (Å²) in [4.78, 5) is 18.6. The van der Waals surface area contributed by atoms with Crippen molar-refractivity contribution in [2.75, 3.05) is 0 Å². The van der Waals surface area contributed by atoms with Crippen molar-refractivity contribution in [3.05, 3.63) is 87.7 Å². The van der Waals surface area contributed by atoms with Gasteiger partial charge in [-0.2, -0.15) is 0 Å². The Balaban J connectivity index is 1.47. The lowest BCUT2D eigenvalue weighted by molar-refractivity contribution is 0.0766. The predicted octanol–water partition coefficient (Wildman–Crippen LogP) is 5.10. The first-order valence-electron chi connectivity index (χ1n) is 8.35. The molecule has 0 saturated carbocycles. The smallest absolute Gasteiger partial charge is 0.255 e. The van der Waals surface area contributed by atoms with Gasteiger partial charge in [-0.1, -0.05) is 28.1 Å². The van der Waals surface area contributed by atoms with Gasteiger partial charge in [0.1, 0.15) is 11.5 Å². The fourth-order valence-corrected chi connectivity index (χ4v) is 3.85. The van der Waals surface area contributed by atoms with Crippen LogP contribution in [0.1, 0.15) is 27.0 Å². The minimum atomic E-state index is 0.0979. The second kappa shape index (κ2) is 6.92. The molecule has 0 saturated heterocycles. The quantitative estimate of drug-likeness (QED) is 0.602. The van der Waals surface area contributed by atoms with Crippen LogP contribution in [0, 0.1) is 6.92 Å². The van der Waals surface area contributed by atoms with E-state index >= 15 is 0 Å². The van der Waals surface area contributed by atoms with Crippen molar-refractivity contribution in [2.24, 2.45) is 0 Å². The summed E-state index contributed by atoms with van der Waals surface area (Å²) in [5, 5.41) is 0. The monoisotopic (exact) mass is 408 g/mol. The molecule has 1 aliphatic rings. The number of pyridine rings is 1. The van der Waals surface area contributed by atoms with Crippen molar-refractivity contribution < 1.29 is 9.53 Å². The Kier molecular flexibility index (Phi) is 4.47. The minimum Gasteiger partial charge on any atom is -0.456 e. The molecular weight excluding hydrogens is 392 g/mol. The Morgan fingerprint density at radius 3 is 2.69 bits per heavy atom. The van der Waals surface area contributed by atoms with E-state index in [-0.39, 0.29) is 5.91 Å². The van der Waals surface area contributed by atoms with Gasteiger partial charge in [0.25, 0.3) is 5.91 Å². The molecule has 0 aliphatic carbocycles. The van der Waals surface area contributed by atoms with Crippen molar-refractivity contribution in [1.82, 2.24) is 9.88 Å². The molecule has 0 N–H and O–H groups in total. The second-order valence-electron chi connectivity index (χ2n) is 6.35. The van der Waals surface area contributed by atoms with E-state index in [9.17, 15) is 4.79 Å². The van der Waals surface area contributed by atoms with Gasteiger partial charge in [-0.15, -0.1) is 0 Å². The number of fused-ring (bicyclic) bond motifs is 1. The molecule has 1 aromatic heterocycles. The first kappa shape index (κ1) is 16.8. The molecule has 0 atom stereocenters. The summed E-state index contributed by atoms with van der Waals surface area (Å²) in [6, 6.07) is 15.5. The average Bonchev–Trinajstić information content (AvgIpc) is 2.93. The fraction of sp³-hybridized carbons (Fsp3) is 0.143. The highest BCUT2D eigenvalue weighted by molar-refractivity contribution is 9.10. The van der Waals surface area contributed by atoms with Crippen LogP contribution in [0.5, 0.6) is 11.5 Å². The number of rotatable bonds is 4. The summed E-state index contributed by atoms with van der Waals surface area (Å²) in [6.45, 7) is 3.20. The number of nitrogens with zero attached hydrogens (tertiary/aromatic N) is 2. The molecule has 4 rings (SSSR count). The normalized spacial score (nSPS) is 13.0. The number of halogens is 1. The largest absolute Gasteiger partial charge is 0.456 e. The maximum atomic E-state index is 12.7. The molecule has 3 aromatic rings. The van der Waals surface area contributed by atoms with Gasteiger partial charge in [-0.25, -0.2) is 0 Å². The zero-order valence-electron chi connectivity index (χ0n) is 14.3. The van der Waals surface area contributed by atoms with Crippen molar-refractivity contribution >= 4 is 21.8 Å². The first-order valence-corrected chi connectivity index (χ1v) is 9.14. The Morgan fingerprint density at radius 2 is 1.96 bits per heavy atom. The number of amides is 1. The molecule has 5 heteroatoms. The number of hydrogen-bond acceptors (Lipinski definition) is 3. The fourth-order valence-electron chi connectivity index (χ4n) is 3.23. The highest BCUT2D eigenvalue weighted by atomic mass is 79.9. The number of carbonyl (C=O) groups is 1. The van der Waals surface area contributed by atoms with Gasteiger partial charge < -0.3 is 9.64 Å². The number of aromatic nitrogens is 1. The molecule has 1 amide bonds. The molecule has 1 aliphatic heterocycles. The molecule has 2 heterocycles. The van der Waals surface area contributed by atoms with E-state index in [1.165, 1.54) is 0 Å². The number of carbonyl (C=O) groups excluding carboxylic acids is 1. The molecule has 4 nitrogen and oxygen atoms in total. The molecule has 0 spiro atoms. The third-order valence-corrected chi connectivity index (χ3v) is 4.87. The van der Waals surface area contributed by atoms with Gasteiger partial charge in [0.2, 0.25) is 0 Å². The SMILES string of the molecule is Cc1cc(Br)cc2c1C(=O)N(Cc1ccc(Oc3cccnc3)cc1)C2. The van der Waals surface area contributed by atoms with Gasteiger partial charge in [-0.3, -0.25) is 9.78 Å². The van der Waals surface area contributed by atoms with Gasteiger partial charge in [0.15, 0.2) is 0 Å². The average molecular weight is 409 g/mol. The van der Waals surface area contributed by atoms with E-state index in [4.69, 9.17) is 4.74 Å². The third-order valence-electron chi connectivity index (χ3n) is 4.41. The lowest BCUT2D eigenvalue weighted by Crippen LogP contribution is -2.23. The molecular formula is C21H17BrN2O2. The molecule has 2 aromatic carbocycles. The maximum absolute atomic E-state index is 12.7. The van der Waals surface area contributed by atoms with Crippen LogP contribution in [-0.2, 0) is 13.1 Å². The second-order valence-corrected chi connectivity index (χ2v) is 7.27. The highest BCUT2D eigenvalue weighted by Crippen LogP contribution is 2.30. The summed E-state index contributed by atoms with van der Waals surface area (Å²) >= 11 is 3.51. The van der Waals surface area contributed by atoms with Gasteiger partial charge >= 0.3 is 0 Å². The van der Waals surface area contributed by atoms with Gasteiger partial charge in [0.05, 0.1) is 6.20 Å². The summed E-state index contributed by atoms with van der Waals surface area (Å²) in [5.74, 6) is 1.55. The van der Waals surface area contributed by atoms with Crippen molar-refractivity contribution in [3.8, 4) is 11.5 Å². The molecule has 0 unspecified atom stereocenters. The maximum Gasteiger partial charge on any atom is 0.255 e. The molecule has 26 heavy (non-hydrogen) atoms. The van der Waals surface area contributed by atoms with E-state index in [0.717, 1.165) is 32.5 Å². The van der Waals surface area contributed by atoms with E-state index in [1.807, 2.05) is 60.4 Å².